The number of carbonyl (C=O) groups is 3. The van der Waals surface area contributed by atoms with E-state index in [2.05, 4.69) is 27.3 Å². The highest BCUT2D eigenvalue weighted by Crippen LogP contribution is 2.52. The van der Waals surface area contributed by atoms with Gasteiger partial charge in [0.15, 0.2) is 0 Å². The molecule has 8 nitrogen and oxygen atoms in total. The van der Waals surface area contributed by atoms with Gasteiger partial charge in [0.25, 0.3) is 5.91 Å². The first-order valence-corrected chi connectivity index (χ1v) is 15.6. The fourth-order valence-electron chi connectivity index (χ4n) is 7.67. The Kier molecular flexibility index (Phi) is 7.28. The molecule has 4 aromatic rings. The lowest BCUT2D eigenvalue weighted by Crippen LogP contribution is -2.55. The second kappa shape index (κ2) is 11.4. The van der Waals surface area contributed by atoms with Crippen LogP contribution in [0.25, 0.3) is 28.5 Å². The summed E-state index contributed by atoms with van der Waals surface area (Å²) in [5.41, 5.74) is 3.69. The third-order valence-corrected chi connectivity index (χ3v) is 9.85. The van der Waals surface area contributed by atoms with E-state index in [1.165, 1.54) is 31.8 Å². The van der Waals surface area contributed by atoms with Gasteiger partial charge in [-0.1, -0.05) is 61.7 Å². The van der Waals surface area contributed by atoms with Gasteiger partial charge >= 0.3 is 5.97 Å². The maximum absolute atomic E-state index is 13.7. The van der Waals surface area contributed by atoms with E-state index in [1.54, 1.807) is 24.3 Å². The van der Waals surface area contributed by atoms with Crippen molar-refractivity contribution in [3.8, 4) is 11.4 Å². The number of carboxylic acid groups (broad SMARTS) is 1. The normalized spacial score (nSPS) is 22.0. The van der Waals surface area contributed by atoms with Gasteiger partial charge in [-0.15, -0.1) is 0 Å². The lowest BCUT2D eigenvalue weighted by atomic mass is 9.94. The van der Waals surface area contributed by atoms with Crippen LogP contribution in [0.2, 0.25) is 0 Å². The van der Waals surface area contributed by atoms with E-state index < -0.39 is 11.5 Å². The van der Waals surface area contributed by atoms with E-state index >= 15 is 0 Å². The number of hydrogen-bond donors (Lipinski definition) is 3. The molecule has 224 valence electrons. The van der Waals surface area contributed by atoms with Crippen LogP contribution in [0, 0.1) is 11.8 Å². The maximum Gasteiger partial charge on any atom is 0.328 e. The van der Waals surface area contributed by atoms with Crippen LogP contribution in [0.4, 0.5) is 5.69 Å². The van der Waals surface area contributed by atoms with Gasteiger partial charge in [0.1, 0.15) is 11.4 Å². The van der Waals surface area contributed by atoms with Crippen molar-refractivity contribution in [1.29, 1.82) is 0 Å². The summed E-state index contributed by atoms with van der Waals surface area (Å²) < 4.78 is 2.42. The first-order valence-electron chi connectivity index (χ1n) is 15.6. The molecule has 3 atom stereocenters. The average Bonchev–Trinajstić information content (AvgIpc) is 3.85. The van der Waals surface area contributed by atoms with Gasteiger partial charge in [-0.25, -0.2) is 9.78 Å². The van der Waals surface area contributed by atoms with Crippen LogP contribution in [-0.2, 0) is 9.59 Å². The van der Waals surface area contributed by atoms with Crippen molar-refractivity contribution < 1.29 is 19.5 Å². The quantitative estimate of drug-likeness (QED) is 0.195. The number of imidazole rings is 1. The topological polar surface area (TPSA) is 113 Å². The summed E-state index contributed by atoms with van der Waals surface area (Å²) in [5, 5.41) is 14.9. The zero-order chi connectivity index (χ0) is 30.3. The molecule has 1 aromatic heterocycles. The minimum absolute atomic E-state index is 0.245. The third-order valence-electron chi connectivity index (χ3n) is 9.85. The minimum Gasteiger partial charge on any atom is -0.478 e. The number of carboxylic acids is 1. The van der Waals surface area contributed by atoms with Gasteiger partial charge in [-0.2, -0.15) is 0 Å². The van der Waals surface area contributed by atoms with Crippen molar-refractivity contribution >= 4 is 40.6 Å². The second-order valence-corrected chi connectivity index (χ2v) is 12.6. The van der Waals surface area contributed by atoms with Crippen molar-refractivity contribution in [3.63, 3.8) is 0 Å². The minimum atomic E-state index is -1.02. The van der Waals surface area contributed by atoms with Crippen molar-refractivity contribution in [3.05, 3.63) is 90.0 Å². The zero-order valence-corrected chi connectivity index (χ0v) is 24.5. The summed E-state index contributed by atoms with van der Waals surface area (Å²) >= 11 is 0. The van der Waals surface area contributed by atoms with Gasteiger partial charge in [0.05, 0.1) is 11.0 Å². The highest BCUT2D eigenvalue weighted by molar-refractivity contribution is 6.05. The second-order valence-electron chi connectivity index (χ2n) is 12.6. The van der Waals surface area contributed by atoms with Gasteiger partial charge in [0, 0.05) is 28.9 Å². The fraction of sp³-hybridized carbons (Fsp3) is 0.333. The van der Waals surface area contributed by atoms with Gasteiger partial charge in [-0.05, 0) is 85.9 Å². The molecule has 3 N–H and O–H groups in total. The molecule has 0 saturated heterocycles. The molecule has 3 saturated carbocycles. The molecular weight excluding hydrogens is 552 g/mol. The predicted octanol–water partition coefficient (Wildman–Crippen LogP) is 6.84. The summed E-state index contributed by atoms with van der Waals surface area (Å²) in [7, 11) is 0. The Morgan fingerprint density at radius 3 is 2.39 bits per heavy atom. The highest BCUT2D eigenvalue weighted by Gasteiger charge is 2.43. The van der Waals surface area contributed by atoms with Crippen LogP contribution >= 0.6 is 0 Å². The van der Waals surface area contributed by atoms with Crippen LogP contribution < -0.4 is 10.6 Å². The summed E-state index contributed by atoms with van der Waals surface area (Å²) in [4.78, 5) is 43.2. The number of aromatic nitrogens is 2. The molecule has 0 spiro atoms. The van der Waals surface area contributed by atoms with E-state index in [9.17, 15) is 14.4 Å². The number of benzene rings is 3. The standard InChI is InChI=1S/C36H36N4O4/c41-32(42)17-11-23-9-14-28(15-10-23)37-35(44)36(18-4-5-19-36)39-34(43)27-13-16-30-29(22-27)38-33(25-6-2-1-3-7-25)40(30)31-21-24-8-12-26(31)20-24/h1-3,6-7,9-11,13-17,22,24,26,31H,4-5,8,12,18-21H2,(H,37,44)(H,39,43)(H,41,42)/b17-11+. The smallest absolute Gasteiger partial charge is 0.328 e. The number of rotatable bonds is 8. The fourth-order valence-corrected chi connectivity index (χ4v) is 7.67. The molecule has 7 rings (SSSR count). The first kappa shape index (κ1) is 28.1. The Morgan fingerprint density at radius 2 is 1.70 bits per heavy atom. The van der Waals surface area contributed by atoms with Crippen molar-refractivity contribution in [2.45, 2.75) is 62.9 Å². The van der Waals surface area contributed by atoms with E-state index in [0.29, 0.717) is 41.6 Å². The van der Waals surface area contributed by atoms with E-state index in [0.717, 1.165) is 47.3 Å². The zero-order valence-electron chi connectivity index (χ0n) is 24.5. The van der Waals surface area contributed by atoms with Crippen molar-refractivity contribution in [1.82, 2.24) is 14.9 Å². The number of carbonyl (C=O) groups excluding carboxylic acids is 2. The number of aliphatic carboxylic acids is 1. The number of amides is 2. The van der Waals surface area contributed by atoms with Crippen LogP contribution in [0.5, 0.6) is 0 Å². The predicted molar refractivity (Wildman–Crippen MR) is 170 cm³/mol. The van der Waals surface area contributed by atoms with E-state index in [-0.39, 0.29) is 11.8 Å². The largest absolute Gasteiger partial charge is 0.478 e. The summed E-state index contributed by atoms with van der Waals surface area (Å²) in [6.07, 6.45) is 10.4. The summed E-state index contributed by atoms with van der Waals surface area (Å²) in [6.45, 7) is 0. The molecule has 2 amide bonds. The van der Waals surface area contributed by atoms with Gasteiger partial charge < -0.3 is 20.3 Å². The Labute approximate surface area is 256 Å². The molecular formula is C36H36N4O4. The van der Waals surface area contributed by atoms with Gasteiger partial charge in [0.2, 0.25) is 5.91 Å². The number of anilines is 1. The van der Waals surface area contributed by atoms with Crippen molar-refractivity contribution in [2.24, 2.45) is 11.8 Å². The molecule has 3 unspecified atom stereocenters. The molecule has 8 heteroatoms. The number of nitrogens with one attached hydrogen (secondary N) is 2. The molecule has 0 radical (unpaired) electrons. The monoisotopic (exact) mass is 588 g/mol. The molecule has 3 aliphatic rings. The molecule has 1 heterocycles. The van der Waals surface area contributed by atoms with E-state index in [4.69, 9.17) is 10.1 Å². The van der Waals surface area contributed by atoms with E-state index in [1.807, 2.05) is 36.4 Å². The van der Waals surface area contributed by atoms with Crippen LogP contribution in [-0.4, -0.2) is 38.0 Å². The van der Waals surface area contributed by atoms with Crippen LogP contribution in [0.1, 0.15) is 73.3 Å². The Balaban J connectivity index is 1.14. The average molecular weight is 589 g/mol. The lowest BCUT2D eigenvalue weighted by Gasteiger charge is -2.29. The highest BCUT2D eigenvalue weighted by atomic mass is 16.4. The number of hydrogen-bond acceptors (Lipinski definition) is 4. The SMILES string of the molecule is O=C(O)/C=C/c1ccc(NC(=O)C2(NC(=O)c3ccc4c(c3)nc(-c3ccccc3)n4C3CC4CCC3C4)CCCC2)cc1. The lowest BCUT2D eigenvalue weighted by molar-refractivity contribution is -0.131. The molecule has 0 aliphatic heterocycles. The number of nitrogens with zero attached hydrogens (tertiary/aromatic N) is 2. The molecule has 3 aromatic carbocycles. The summed E-state index contributed by atoms with van der Waals surface area (Å²) in [5.74, 6) is 0.856. The Hall–Kier alpha value is -4.72. The summed E-state index contributed by atoms with van der Waals surface area (Å²) in [6, 6.07) is 23.4. The Bertz CT molecular complexity index is 1750. The molecule has 2 bridgehead atoms. The Morgan fingerprint density at radius 1 is 0.932 bits per heavy atom. The van der Waals surface area contributed by atoms with Gasteiger partial charge in [-0.3, -0.25) is 9.59 Å². The molecule has 44 heavy (non-hydrogen) atoms. The van der Waals surface area contributed by atoms with Crippen LogP contribution in [0.15, 0.2) is 78.9 Å². The van der Waals surface area contributed by atoms with Crippen molar-refractivity contribution in [2.75, 3.05) is 5.32 Å². The first-order chi connectivity index (χ1) is 21.4. The molecule has 3 aliphatic carbocycles. The van der Waals surface area contributed by atoms with Crippen LogP contribution in [0.3, 0.4) is 0 Å². The number of fused-ring (bicyclic) bond motifs is 3. The third kappa shape index (κ3) is 5.29. The maximum atomic E-state index is 13.7. The molecule has 3 fully saturated rings.